The van der Waals surface area contributed by atoms with Gasteiger partial charge in [-0.1, -0.05) is 109 Å². The molecule has 0 atom stereocenters. The normalized spacial score (nSPS) is 11.1. The van der Waals surface area contributed by atoms with Crippen LogP contribution in [0.4, 0.5) is 0 Å². The fourth-order valence-corrected chi connectivity index (χ4v) is 5.62. The molecule has 0 aliphatic heterocycles. The summed E-state index contributed by atoms with van der Waals surface area (Å²) < 4.78 is 6.35. The number of pyridine rings is 1. The maximum absolute atomic E-state index is 9.31. The van der Waals surface area contributed by atoms with Crippen molar-refractivity contribution in [2.75, 3.05) is 0 Å². The summed E-state index contributed by atoms with van der Waals surface area (Å²) in [5, 5.41) is 11.3. The highest BCUT2D eigenvalue weighted by Gasteiger charge is 2.17. The number of benzene rings is 5. The molecule has 8 rings (SSSR count). The maximum Gasteiger partial charge on any atom is 0.182 e. The quantitative estimate of drug-likeness (QED) is 0.202. The molecule has 0 aliphatic rings. The fraction of sp³-hybridized carbons (Fsp3) is 0. The highest BCUT2D eigenvalue weighted by Crippen LogP contribution is 2.37. The molecule has 0 spiro atoms. The summed E-state index contributed by atoms with van der Waals surface area (Å²) in [6.07, 6.45) is 1.85. The minimum Gasteiger partial charge on any atom is -0.456 e. The minimum atomic E-state index is 0.454. The van der Waals surface area contributed by atoms with E-state index in [1.54, 1.807) is 6.07 Å². The molecule has 0 radical (unpaired) electrons. The van der Waals surface area contributed by atoms with Gasteiger partial charge < -0.3 is 4.42 Å². The molecule has 0 aliphatic carbocycles. The van der Waals surface area contributed by atoms with Gasteiger partial charge in [0.2, 0.25) is 0 Å². The number of aromatic nitrogens is 4. The first-order valence-corrected chi connectivity index (χ1v) is 14.5. The van der Waals surface area contributed by atoms with Crippen LogP contribution in [0.15, 0.2) is 144 Å². The first-order chi connectivity index (χ1) is 22.2. The Kier molecular flexibility index (Phi) is 6.40. The second-order valence-corrected chi connectivity index (χ2v) is 10.7. The Labute approximate surface area is 259 Å². The Morgan fingerprint density at radius 3 is 1.87 bits per heavy atom. The molecule has 0 fully saturated rings. The van der Waals surface area contributed by atoms with Crippen LogP contribution in [0.5, 0.6) is 0 Å². The summed E-state index contributed by atoms with van der Waals surface area (Å²) in [6.45, 7) is 0. The van der Waals surface area contributed by atoms with E-state index in [-0.39, 0.29) is 0 Å². The van der Waals surface area contributed by atoms with Crippen molar-refractivity contribution in [3.63, 3.8) is 0 Å². The average molecular weight is 578 g/mol. The standard InChI is InChI=1S/C39H23N5O/c40-23-25-9-7-14-30(21-25)26-17-19-29(20-18-26)38-42-37(28-12-5-2-6-13-28)43-39(44-38)33-22-35-32(24-41-33)36-31(15-8-16-34(36)45-35)27-10-3-1-4-11-27/h1-22,24H. The van der Waals surface area contributed by atoms with E-state index < -0.39 is 0 Å². The van der Waals surface area contributed by atoms with Crippen LogP contribution < -0.4 is 0 Å². The molecule has 0 saturated heterocycles. The van der Waals surface area contributed by atoms with Crippen LogP contribution in [0.2, 0.25) is 0 Å². The van der Waals surface area contributed by atoms with Crippen molar-refractivity contribution >= 4 is 21.9 Å². The molecular formula is C39H23N5O. The SMILES string of the molecule is N#Cc1cccc(-c2ccc(-c3nc(-c4ccccc4)nc(-c4cc5oc6cccc(-c7ccccc7)c6c5cn4)n3)cc2)c1. The first kappa shape index (κ1) is 26.2. The van der Waals surface area contributed by atoms with Crippen LogP contribution in [0.1, 0.15) is 5.56 Å². The van der Waals surface area contributed by atoms with Crippen molar-refractivity contribution in [2.45, 2.75) is 0 Å². The summed E-state index contributed by atoms with van der Waals surface area (Å²) >= 11 is 0. The Morgan fingerprint density at radius 2 is 1.13 bits per heavy atom. The van der Waals surface area contributed by atoms with E-state index in [1.165, 1.54) is 0 Å². The van der Waals surface area contributed by atoms with Crippen LogP contribution in [0.3, 0.4) is 0 Å². The zero-order valence-corrected chi connectivity index (χ0v) is 23.9. The van der Waals surface area contributed by atoms with Crippen LogP contribution in [-0.4, -0.2) is 19.9 Å². The molecule has 0 unspecified atom stereocenters. The van der Waals surface area contributed by atoms with Gasteiger partial charge in [0.05, 0.1) is 11.6 Å². The van der Waals surface area contributed by atoms with E-state index in [9.17, 15) is 5.26 Å². The molecule has 8 aromatic rings. The summed E-state index contributed by atoms with van der Waals surface area (Å²) in [5.74, 6) is 1.55. The summed E-state index contributed by atoms with van der Waals surface area (Å²) in [4.78, 5) is 19.4. The lowest BCUT2D eigenvalue weighted by molar-refractivity contribution is 0.668. The smallest absolute Gasteiger partial charge is 0.182 e. The third-order valence-electron chi connectivity index (χ3n) is 7.83. The lowest BCUT2D eigenvalue weighted by Gasteiger charge is -2.09. The number of rotatable bonds is 5. The average Bonchev–Trinajstić information content (AvgIpc) is 3.50. The lowest BCUT2D eigenvalue weighted by atomic mass is 10.00. The third kappa shape index (κ3) is 4.89. The van der Waals surface area contributed by atoms with Gasteiger partial charge in [0.15, 0.2) is 17.5 Å². The maximum atomic E-state index is 9.31. The fourth-order valence-electron chi connectivity index (χ4n) is 5.62. The van der Waals surface area contributed by atoms with Crippen LogP contribution in [-0.2, 0) is 0 Å². The van der Waals surface area contributed by atoms with Crippen molar-refractivity contribution in [1.82, 2.24) is 19.9 Å². The molecule has 5 aromatic carbocycles. The molecule has 0 N–H and O–H groups in total. The van der Waals surface area contributed by atoms with Crippen LogP contribution in [0, 0.1) is 11.3 Å². The molecular weight excluding hydrogens is 554 g/mol. The summed E-state index contributed by atoms with van der Waals surface area (Å²) in [7, 11) is 0. The van der Waals surface area contributed by atoms with E-state index in [0.717, 1.165) is 49.7 Å². The monoisotopic (exact) mass is 577 g/mol. The van der Waals surface area contributed by atoms with Crippen molar-refractivity contribution < 1.29 is 4.42 Å². The zero-order chi connectivity index (χ0) is 30.2. The molecule has 0 amide bonds. The third-order valence-corrected chi connectivity index (χ3v) is 7.83. The Balaban J connectivity index is 1.24. The van der Waals surface area contributed by atoms with E-state index in [0.29, 0.717) is 34.3 Å². The molecule has 0 bridgehead atoms. The van der Waals surface area contributed by atoms with Gasteiger partial charge in [-0.15, -0.1) is 0 Å². The van der Waals surface area contributed by atoms with Crippen LogP contribution in [0.25, 0.3) is 78.5 Å². The predicted molar refractivity (Wildman–Crippen MR) is 177 cm³/mol. The molecule has 3 heterocycles. The highest BCUT2D eigenvalue weighted by atomic mass is 16.3. The van der Waals surface area contributed by atoms with Gasteiger partial charge in [-0.3, -0.25) is 4.98 Å². The Bertz CT molecular complexity index is 2370. The Hall–Kier alpha value is -6.45. The van der Waals surface area contributed by atoms with Gasteiger partial charge in [-0.05, 0) is 40.5 Å². The molecule has 0 saturated carbocycles. The molecule has 210 valence electrons. The Morgan fingerprint density at radius 1 is 0.511 bits per heavy atom. The van der Waals surface area contributed by atoms with E-state index in [1.807, 2.05) is 115 Å². The number of hydrogen-bond donors (Lipinski definition) is 0. The van der Waals surface area contributed by atoms with Gasteiger partial charge in [0, 0.05) is 34.2 Å². The van der Waals surface area contributed by atoms with Crippen molar-refractivity contribution in [1.29, 1.82) is 5.26 Å². The lowest BCUT2D eigenvalue weighted by Crippen LogP contribution is -2.01. The number of hydrogen-bond acceptors (Lipinski definition) is 6. The predicted octanol–water partition coefficient (Wildman–Crippen LogP) is 9.37. The largest absolute Gasteiger partial charge is 0.456 e. The van der Waals surface area contributed by atoms with E-state index in [4.69, 9.17) is 24.4 Å². The number of nitrogens with zero attached hydrogens (tertiary/aromatic N) is 5. The second-order valence-electron chi connectivity index (χ2n) is 10.7. The van der Waals surface area contributed by atoms with Gasteiger partial charge in [0.25, 0.3) is 0 Å². The van der Waals surface area contributed by atoms with E-state index >= 15 is 0 Å². The van der Waals surface area contributed by atoms with E-state index in [2.05, 4.69) is 24.3 Å². The van der Waals surface area contributed by atoms with Gasteiger partial charge in [-0.2, -0.15) is 5.26 Å². The van der Waals surface area contributed by atoms with Gasteiger partial charge in [0.1, 0.15) is 16.9 Å². The van der Waals surface area contributed by atoms with Crippen LogP contribution >= 0.6 is 0 Å². The highest BCUT2D eigenvalue weighted by molar-refractivity contribution is 6.12. The molecule has 3 aromatic heterocycles. The number of nitriles is 1. The van der Waals surface area contributed by atoms with Gasteiger partial charge in [-0.25, -0.2) is 15.0 Å². The molecule has 45 heavy (non-hydrogen) atoms. The van der Waals surface area contributed by atoms with Crippen molar-refractivity contribution in [2.24, 2.45) is 0 Å². The minimum absolute atomic E-state index is 0.454. The zero-order valence-electron chi connectivity index (χ0n) is 23.9. The van der Waals surface area contributed by atoms with Crippen molar-refractivity contribution in [3.05, 3.63) is 145 Å². The molecule has 6 nitrogen and oxygen atoms in total. The summed E-state index contributed by atoms with van der Waals surface area (Å²) in [5.41, 5.74) is 8.63. The second kappa shape index (κ2) is 11.0. The topological polar surface area (TPSA) is 88.5 Å². The van der Waals surface area contributed by atoms with Crippen molar-refractivity contribution in [3.8, 4) is 62.6 Å². The number of furan rings is 1. The van der Waals surface area contributed by atoms with Gasteiger partial charge >= 0.3 is 0 Å². The summed E-state index contributed by atoms with van der Waals surface area (Å²) in [6, 6.07) is 45.9. The first-order valence-electron chi connectivity index (χ1n) is 14.5. The molecule has 6 heteroatoms. The number of fused-ring (bicyclic) bond motifs is 3.